The molecule has 0 aliphatic carbocycles. The Hall–Kier alpha value is -1.93. The summed E-state index contributed by atoms with van der Waals surface area (Å²) in [6, 6.07) is 3.91. The van der Waals surface area contributed by atoms with E-state index in [0.29, 0.717) is 11.6 Å². The first-order valence-electron chi connectivity index (χ1n) is 6.26. The van der Waals surface area contributed by atoms with E-state index < -0.39 is 9.84 Å². The Kier molecular flexibility index (Phi) is 3.64. The van der Waals surface area contributed by atoms with Gasteiger partial charge < -0.3 is 4.57 Å². The summed E-state index contributed by atoms with van der Waals surface area (Å²) in [6.45, 7) is 0.529. The van der Waals surface area contributed by atoms with E-state index >= 15 is 0 Å². The van der Waals surface area contributed by atoms with Gasteiger partial charge >= 0.3 is 0 Å². The molecular weight excluding hydrogens is 308 g/mol. The zero-order valence-corrected chi connectivity index (χ0v) is 13.0. The van der Waals surface area contributed by atoms with Crippen molar-refractivity contribution >= 4 is 21.2 Å². The molecule has 110 valence electrons. The summed E-state index contributed by atoms with van der Waals surface area (Å²) in [7, 11) is -3.04. The van der Waals surface area contributed by atoms with Crippen molar-refractivity contribution in [2.24, 2.45) is 0 Å². The van der Waals surface area contributed by atoms with Crippen LogP contribution >= 0.6 is 11.3 Å². The molecule has 0 saturated heterocycles. The van der Waals surface area contributed by atoms with Crippen molar-refractivity contribution in [1.29, 1.82) is 0 Å². The molecule has 6 nitrogen and oxygen atoms in total. The average Bonchev–Trinajstić information content (AvgIpc) is 3.08. The molecule has 21 heavy (non-hydrogen) atoms. The molecule has 8 heteroatoms. The quantitative estimate of drug-likeness (QED) is 0.717. The van der Waals surface area contributed by atoms with Gasteiger partial charge in [-0.3, -0.25) is 4.68 Å². The third kappa shape index (κ3) is 3.59. The molecule has 0 saturated carbocycles. The third-order valence-electron chi connectivity index (χ3n) is 2.83. The average molecular weight is 322 g/mol. The topological polar surface area (TPSA) is 69.8 Å². The predicted molar refractivity (Wildman–Crippen MR) is 81.3 cm³/mol. The summed E-state index contributed by atoms with van der Waals surface area (Å²) in [4.78, 5) is 4.33. The molecule has 3 heterocycles. The molecule has 0 fully saturated rings. The fraction of sp³-hybridized carbons (Fsp3) is 0.231. The maximum Gasteiger partial charge on any atom is 0.153 e. The second-order valence-corrected chi connectivity index (χ2v) is 7.87. The summed E-state index contributed by atoms with van der Waals surface area (Å²) in [5.74, 6) is -0.00854. The molecule has 0 atom stereocenters. The summed E-state index contributed by atoms with van der Waals surface area (Å²) >= 11 is 1.36. The lowest BCUT2D eigenvalue weighted by Crippen LogP contribution is -2.03. The summed E-state index contributed by atoms with van der Waals surface area (Å²) in [5, 5.41) is 6.78. The zero-order chi connectivity index (χ0) is 14.9. The van der Waals surface area contributed by atoms with Gasteiger partial charge in [-0.05, 0) is 12.1 Å². The molecular formula is C13H14N4O2S2. The number of hydrogen-bond acceptors (Lipinski definition) is 5. The molecule has 0 bridgehead atoms. The van der Waals surface area contributed by atoms with Crippen LogP contribution in [0.25, 0.3) is 5.69 Å². The molecule has 0 aromatic carbocycles. The highest BCUT2D eigenvalue weighted by atomic mass is 32.2. The Morgan fingerprint density at radius 2 is 2.05 bits per heavy atom. The van der Waals surface area contributed by atoms with Gasteiger partial charge in [0.25, 0.3) is 0 Å². The summed E-state index contributed by atoms with van der Waals surface area (Å²) in [6.07, 6.45) is 8.83. The van der Waals surface area contributed by atoms with E-state index in [1.165, 1.54) is 17.6 Å². The van der Waals surface area contributed by atoms with Gasteiger partial charge in [0.15, 0.2) is 9.84 Å². The number of thiazole rings is 1. The number of hydrogen-bond donors (Lipinski definition) is 0. The van der Waals surface area contributed by atoms with Crippen molar-refractivity contribution in [1.82, 2.24) is 19.3 Å². The maximum absolute atomic E-state index is 11.2. The van der Waals surface area contributed by atoms with Crippen LogP contribution in [0.4, 0.5) is 0 Å². The Bertz CT molecular complexity index is 831. The molecule has 3 aromatic heterocycles. The van der Waals surface area contributed by atoms with Crippen LogP contribution in [0.5, 0.6) is 0 Å². The zero-order valence-electron chi connectivity index (χ0n) is 11.4. The minimum atomic E-state index is -3.04. The lowest BCUT2D eigenvalue weighted by molar-refractivity contribution is 0.601. The summed E-state index contributed by atoms with van der Waals surface area (Å²) in [5.41, 5.74) is 1.80. The first-order valence-corrected chi connectivity index (χ1v) is 9.20. The molecule has 0 radical (unpaired) electrons. The van der Waals surface area contributed by atoms with Crippen LogP contribution in [0.2, 0.25) is 0 Å². The fourth-order valence-corrected chi connectivity index (χ4v) is 3.95. The normalized spacial score (nSPS) is 11.9. The van der Waals surface area contributed by atoms with Crippen molar-refractivity contribution in [3.8, 4) is 5.69 Å². The molecule has 0 spiro atoms. The van der Waals surface area contributed by atoms with Crippen LogP contribution < -0.4 is 0 Å². The Morgan fingerprint density at radius 3 is 2.76 bits per heavy atom. The molecule has 0 unspecified atom stereocenters. The lowest BCUT2D eigenvalue weighted by Gasteiger charge is -1.98. The standard InChI is InChI=1S/C13H14N4O2S2/c1-21(18,19)10-13-15-11(9-20-13)7-17-8-12(6-14-17)16-4-2-3-5-16/h2-6,8-9H,7,10H2,1H3. The second-order valence-electron chi connectivity index (χ2n) is 4.79. The first-order chi connectivity index (χ1) is 9.99. The van der Waals surface area contributed by atoms with Gasteiger partial charge in [-0.2, -0.15) is 5.10 Å². The predicted octanol–water partition coefficient (Wildman–Crippen LogP) is 1.72. The highest BCUT2D eigenvalue weighted by Gasteiger charge is 2.10. The fourth-order valence-electron chi connectivity index (χ4n) is 1.96. The number of nitrogens with zero attached hydrogens (tertiary/aromatic N) is 4. The Morgan fingerprint density at radius 1 is 1.29 bits per heavy atom. The molecule has 3 aromatic rings. The second kappa shape index (κ2) is 5.45. The van der Waals surface area contributed by atoms with Gasteiger partial charge in [-0.25, -0.2) is 13.4 Å². The number of rotatable bonds is 5. The van der Waals surface area contributed by atoms with Crippen molar-refractivity contribution < 1.29 is 8.42 Å². The van der Waals surface area contributed by atoms with Crippen LogP contribution in [0.3, 0.4) is 0 Å². The van der Waals surface area contributed by atoms with Gasteiger partial charge in [0, 0.05) is 30.2 Å². The van der Waals surface area contributed by atoms with Crippen molar-refractivity contribution in [3.05, 3.63) is 53.0 Å². The molecule has 3 rings (SSSR count). The van der Waals surface area contributed by atoms with Crippen LogP contribution in [0, 0.1) is 0 Å². The SMILES string of the molecule is CS(=O)(=O)Cc1nc(Cn2cc(-n3cccc3)cn2)cs1. The minimum absolute atomic E-state index is 0.00854. The lowest BCUT2D eigenvalue weighted by atomic mass is 10.5. The Labute approximate surface area is 126 Å². The van der Waals surface area contributed by atoms with Gasteiger partial charge in [0.2, 0.25) is 0 Å². The molecule has 0 N–H and O–H groups in total. The van der Waals surface area contributed by atoms with Crippen LogP contribution in [0.1, 0.15) is 10.7 Å². The highest BCUT2D eigenvalue weighted by molar-refractivity contribution is 7.90. The van der Waals surface area contributed by atoms with Crippen LogP contribution in [0.15, 0.2) is 42.3 Å². The van der Waals surface area contributed by atoms with Crippen molar-refractivity contribution in [2.45, 2.75) is 12.3 Å². The highest BCUT2D eigenvalue weighted by Crippen LogP contribution is 2.14. The number of sulfone groups is 1. The Balaban J connectivity index is 1.72. The van der Waals surface area contributed by atoms with Crippen LogP contribution in [-0.2, 0) is 22.1 Å². The van der Waals surface area contributed by atoms with Gasteiger partial charge in [0.1, 0.15) is 10.8 Å². The monoisotopic (exact) mass is 322 g/mol. The molecule has 0 amide bonds. The van der Waals surface area contributed by atoms with Crippen molar-refractivity contribution in [3.63, 3.8) is 0 Å². The van der Waals surface area contributed by atoms with Crippen LogP contribution in [-0.4, -0.2) is 34.0 Å². The summed E-state index contributed by atoms with van der Waals surface area (Å²) < 4.78 is 26.3. The minimum Gasteiger partial charge on any atom is -0.321 e. The number of aromatic nitrogens is 4. The van der Waals surface area contributed by atoms with E-state index in [4.69, 9.17) is 0 Å². The van der Waals surface area contributed by atoms with Crippen molar-refractivity contribution in [2.75, 3.05) is 6.26 Å². The van der Waals surface area contributed by atoms with E-state index in [-0.39, 0.29) is 5.75 Å². The third-order valence-corrected chi connectivity index (χ3v) is 4.71. The first kappa shape index (κ1) is 14.0. The maximum atomic E-state index is 11.2. The van der Waals surface area contributed by atoms with E-state index in [9.17, 15) is 8.42 Å². The van der Waals surface area contributed by atoms with Gasteiger partial charge in [-0.15, -0.1) is 11.3 Å². The van der Waals surface area contributed by atoms with E-state index in [1.54, 1.807) is 10.9 Å². The largest absolute Gasteiger partial charge is 0.321 e. The van der Waals surface area contributed by atoms with E-state index in [0.717, 1.165) is 11.4 Å². The molecule has 0 aliphatic heterocycles. The molecule has 0 aliphatic rings. The van der Waals surface area contributed by atoms with Gasteiger partial charge in [-0.1, -0.05) is 0 Å². The van der Waals surface area contributed by atoms with E-state index in [1.807, 2.05) is 40.7 Å². The van der Waals surface area contributed by atoms with Gasteiger partial charge in [0.05, 0.1) is 24.1 Å². The smallest absolute Gasteiger partial charge is 0.153 e. The van der Waals surface area contributed by atoms with E-state index in [2.05, 4.69) is 10.1 Å².